The van der Waals surface area contributed by atoms with E-state index in [-0.39, 0.29) is 17.7 Å². The smallest absolute Gasteiger partial charge is 0.165 e. The van der Waals surface area contributed by atoms with Crippen LogP contribution >= 0.6 is 0 Å². The van der Waals surface area contributed by atoms with Crippen molar-refractivity contribution >= 4 is 0 Å². The summed E-state index contributed by atoms with van der Waals surface area (Å²) in [7, 11) is 1.46. The van der Waals surface area contributed by atoms with Gasteiger partial charge < -0.3 is 14.8 Å². The lowest BCUT2D eigenvalue weighted by Crippen LogP contribution is -2.24. The van der Waals surface area contributed by atoms with E-state index in [9.17, 15) is 4.39 Å². The molecule has 3 rings (SSSR count). The third-order valence-corrected chi connectivity index (χ3v) is 4.01. The molecule has 22 heavy (non-hydrogen) atoms. The molecule has 6 heteroatoms. The van der Waals surface area contributed by atoms with Crippen molar-refractivity contribution in [1.29, 1.82) is 0 Å². The Morgan fingerprint density at radius 3 is 3.14 bits per heavy atom. The monoisotopic (exact) mass is 305 g/mol. The molecule has 0 bridgehead atoms. The molecule has 118 valence electrons. The Labute approximate surface area is 128 Å². The summed E-state index contributed by atoms with van der Waals surface area (Å²) in [4.78, 5) is 0. The average molecular weight is 305 g/mol. The van der Waals surface area contributed by atoms with Crippen LogP contribution in [0.25, 0.3) is 0 Å². The molecule has 0 amide bonds. The van der Waals surface area contributed by atoms with E-state index in [1.54, 1.807) is 6.07 Å². The third kappa shape index (κ3) is 3.28. The van der Waals surface area contributed by atoms with Crippen LogP contribution in [0.2, 0.25) is 0 Å². The molecule has 2 atom stereocenters. The second-order valence-corrected chi connectivity index (χ2v) is 5.47. The van der Waals surface area contributed by atoms with E-state index in [1.165, 1.54) is 13.2 Å². The standard InChI is InChI=1S/C16H20FN3O2/c1-21-15-3-2-11(6-14(15)17)7-18-8-12-4-5-22-16(12)13-9-19-20-10-13/h2-3,6,9-10,12,16,18H,4-5,7-8H2,1H3,(H,19,20)/t12-,16+/m1/s1. The fourth-order valence-corrected chi connectivity index (χ4v) is 2.85. The fourth-order valence-electron chi connectivity index (χ4n) is 2.85. The van der Waals surface area contributed by atoms with Crippen LogP contribution in [0.1, 0.15) is 23.7 Å². The highest BCUT2D eigenvalue weighted by molar-refractivity contribution is 5.29. The quantitative estimate of drug-likeness (QED) is 0.860. The number of aromatic nitrogens is 2. The van der Waals surface area contributed by atoms with Crippen molar-refractivity contribution < 1.29 is 13.9 Å². The number of H-pyrrole nitrogens is 1. The van der Waals surface area contributed by atoms with E-state index in [2.05, 4.69) is 15.5 Å². The lowest BCUT2D eigenvalue weighted by atomic mass is 9.97. The predicted octanol–water partition coefficient (Wildman–Crippen LogP) is 2.42. The molecule has 1 saturated heterocycles. The Bertz CT molecular complexity index is 603. The third-order valence-electron chi connectivity index (χ3n) is 4.01. The van der Waals surface area contributed by atoms with Gasteiger partial charge >= 0.3 is 0 Å². The molecule has 1 aromatic heterocycles. The van der Waals surface area contributed by atoms with Crippen LogP contribution in [0, 0.1) is 11.7 Å². The topological polar surface area (TPSA) is 59.2 Å². The number of benzene rings is 1. The van der Waals surface area contributed by atoms with Gasteiger partial charge in [0.15, 0.2) is 11.6 Å². The van der Waals surface area contributed by atoms with E-state index in [0.717, 1.165) is 30.7 Å². The predicted molar refractivity (Wildman–Crippen MR) is 80.0 cm³/mol. The first-order valence-electron chi connectivity index (χ1n) is 7.41. The number of hydrogen-bond donors (Lipinski definition) is 2. The van der Waals surface area contributed by atoms with E-state index >= 15 is 0 Å². The minimum Gasteiger partial charge on any atom is -0.494 e. The van der Waals surface area contributed by atoms with Crippen molar-refractivity contribution in [3.05, 3.63) is 47.5 Å². The SMILES string of the molecule is COc1ccc(CNC[C@H]2CCO[C@@H]2c2cn[nH]c2)cc1F. The number of nitrogens with one attached hydrogen (secondary N) is 2. The molecule has 5 nitrogen and oxygen atoms in total. The fraction of sp³-hybridized carbons (Fsp3) is 0.438. The van der Waals surface area contributed by atoms with E-state index in [4.69, 9.17) is 9.47 Å². The molecule has 0 spiro atoms. The van der Waals surface area contributed by atoms with Crippen LogP contribution in [-0.2, 0) is 11.3 Å². The summed E-state index contributed by atoms with van der Waals surface area (Å²) in [5.41, 5.74) is 1.98. The van der Waals surface area contributed by atoms with Crippen molar-refractivity contribution in [2.45, 2.75) is 19.1 Å². The van der Waals surface area contributed by atoms with Crippen LogP contribution < -0.4 is 10.1 Å². The van der Waals surface area contributed by atoms with Gasteiger partial charge in [-0.1, -0.05) is 6.07 Å². The molecule has 2 heterocycles. The number of nitrogens with zero attached hydrogens (tertiary/aromatic N) is 1. The van der Waals surface area contributed by atoms with E-state index in [1.807, 2.05) is 18.5 Å². The first-order chi connectivity index (χ1) is 10.8. The molecule has 1 aromatic carbocycles. The molecule has 0 unspecified atom stereocenters. The van der Waals surface area contributed by atoms with Crippen LogP contribution in [-0.4, -0.2) is 30.5 Å². The van der Waals surface area contributed by atoms with E-state index < -0.39 is 0 Å². The van der Waals surface area contributed by atoms with Crippen LogP contribution in [0.5, 0.6) is 5.75 Å². The summed E-state index contributed by atoms with van der Waals surface area (Å²) in [6.45, 7) is 2.21. The maximum atomic E-state index is 13.6. The molecule has 1 aliphatic rings. The van der Waals surface area contributed by atoms with Gasteiger partial charge in [0.2, 0.25) is 0 Å². The highest BCUT2D eigenvalue weighted by atomic mass is 19.1. The molecular formula is C16H20FN3O2. The number of halogens is 1. The molecule has 0 aliphatic carbocycles. The van der Waals surface area contributed by atoms with Crippen molar-refractivity contribution in [1.82, 2.24) is 15.5 Å². The van der Waals surface area contributed by atoms with Crippen LogP contribution in [0.3, 0.4) is 0 Å². The van der Waals surface area contributed by atoms with Gasteiger partial charge in [-0.3, -0.25) is 5.10 Å². The minimum absolute atomic E-state index is 0.0823. The van der Waals surface area contributed by atoms with Gasteiger partial charge in [0.1, 0.15) is 0 Å². The van der Waals surface area contributed by atoms with Gasteiger partial charge in [-0.15, -0.1) is 0 Å². The molecule has 2 N–H and O–H groups in total. The van der Waals surface area contributed by atoms with Crippen molar-refractivity contribution in [2.75, 3.05) is 20.3 Å². The number of ether oxygens (including phenoxy) is 2. The second kappa shape index (κ2) is 6.89. The normalized spacial score (nSPS) is 21.2. The summed E-state index contributed by atoms with van der Waals surface area (Å²) < 4.78 is 24.3. The molecule has 1 fully saturated rings. The zero-order valence-corrected chi connectivity index (χ0v) is 12.5. The van der Waals surface area contributed by atoms with Gasteiger partial charge in [-0.2, -0.15) is 5.10 Å². The Morgan fingerprint density at radius 2 is 2.41 bits per heavy atom. The maximum Gasteiger partial charge on any atom is 0.165 e. The Morgan fingerprint density at radius 1 is 1.50 bits per heavy atom. The van der Waals surface area contributed by atoms with Gasteiger partial charge in [-0.05, 0) is 24.1 Å². The number of methoxy groups -OCH3 is 1. The first-order valence-corrected chi connectivity index (χ1v) is 7.41. The van der Waals surface area contributed by atoms with Gasteiger partial charge in [0.25, 0.3) is 0 Å². The van der Waals surface area contributed by atoms with Gasteiger partial charge in [-0.25, -0.2) is 4.39 Å². The van der Waals surface area contributed by atoms with Crippen LogP contribution in [0.15, 0.2) is 30.6 Å². The lowest BCUT2D eigenvalue weighted by Gasteiger charge is -2.17. The molecule has 0 saturated carbocycles. The van der Waals surface area contributed by atoms with Crippen molar-refractivity contribution in [3.8, 4) is 5.75 Å². The number of aromatic amines is 1. The Kier molecular flexibility index (Phi) is 4.70. The largest absolute Gasteiger partial charge is 0.494 e. The summed E-state index contributed by atoms with van der Waals surface area (Å²) in [5, 5.41) is 10.2. The first kappa shape index (κ1) is 15.0. The molecule has 2 aromatic rings. The van der Waals surface area contributed by atoms with Crippen molar-refractivity contribution in [3.63, 3.8) is 0 Å². The molecule has 0 radical (unpaired) electrons. The second-order valence-electron chi connectivity index (χ2n) is 5.47. The van der Waals surface area contributed by atoms with Crippen LogP contribution in [0.4, 0.5) is 4.39 Å². The number of hydrogen-bond acceptors (Lipinski definition) is 4. The molecular weight excluding hydrogens is 285 g/mol. The Hall–Kier alpha value is -1.92. The summed E-state index contributed by atoms with van der Waals surface area (Å²) in [6.07, 6.45) is 4.78. The summed E-state index contributed by atoms with van der Waals surface area (Å²) >= 11 is 0. The number of rotatable bonds is 6. The summed E-state index contributed by atoms with van der Waals surface area (Å²) in [6, 6.07) is 5.03. The molecule has 1 aliphatic heterocycles. The highest BCUT2D eigenvalue weighted by Crippen LogP contribution is 2.33. The minimum atomic E-state index is -0.331. The zero-order chi connectivity index (χ0) is 15.4. The lowest BCUT2D eigenvalue weighted by molar-refractivity contribution is 0.0905. The zero-order valence-electron chi connectivity index (χ0n) is 12.5. The highest BCUT2D eigenvalue weighted by Gasteiger charge is 2.29. The maximum absolute atomic E-state index is 13.6. The van der Waals surface area contributed by atoms with E-state index in [0.29, 0.717) is 12.5 Å². The van der Waals surface area contributed by atoms with Gasteiger partial charge in [0.05, 0.1) is 19.4 Å². The Balaban J connectivity index is 1.53. The average Bonchev–Trinajstić information content (AvgIpc) is 3.18. The van der Waals surface area contributed by atoms with Gasteiger partial charge in [0, 0.05) is 37.4 Å². The van der Waals surface area contributed by atoms with Crippen molar-refractivity contribution in [2.24, 2.45) is 5.92 Å². The summed E-state index contributed by atoms with van der Waals surface area (Å²) in [5.74, 6) is 0.343.